The van der Waals surface area contributed by atoms with Crippen LogP contribution in [0, 0.1) is 17.5 Å². The number of anilines is 2. The molecule has 1 fully saturated rings. The molecule has 1 aliphatic rings. The molecule has 1 saturated heterocycles. The number of hydrogen-bond donors (Lipinski definition) is 0. The molecule has 2 heterocycles. The second-order valence-electron chi connectivity index (χ2n) is 6.34. The first-order chi connectivity index (χ1) is 13.6. The Balaban J connectivity index is 1.43. The SMILES string of the molecule is Fc1ccc(N2CCN(c3cc(Oc4ccc(F)cc4F)ncn3)CC2)cc1. The van der Waals surface area contributed by atoms with Gasteiger partial charge in [0.05, 0.1) is 0 Å². The number of hydrogen-bond acceptors (Lipinski definition) is 5. The predicted octanol–water partition coefficient (Wildman–Crippen LogP) is 4.01. The minimum absolute atomic E-state index is 0.104. The first kappa shape index (κ1) is 18.1. The number of ether oxygens (including phenoxy) is 1. The largest absolute Gasteiger partial charge is 0.436 e. The Hall–Kier alpha value is -3.29. The molecule has 0 unspecified atom stereocenters. The molecule has 1 aliphatic heterocycles. The average Bonchev–Trinajstić information content (AvgIpc) is 2.71. The number of rotatable bonds is 4. The van der Waals surface area contributed by atoms with Gasteiger partial charge in [0.1, 0.15) is 23.8 Å². The van der Waals surface area contributed by atoms with E-state index in [1.165, 1.54) is 24.5 Å². The Kier molecular flexibility index (Phi) is 5.01. The zero-order chi connectivity index (χ0) is 19.5. The van der Waals surface area contributed by atoms with Gasteiger partial charge in [0.15, 0.2) is 11.6 Å². The summed E-state index contributed by atoms with van der Waals surface area (Å²) in [6, 6.07) is 11.1. The number of nitrogens with zero attached hydrogens (tertiary/aromatic N) is 4. The molecule has 0 saturated carbocycles. The third kappa shape index (κ3) is 4.00. The van der Waals surface area contributed by atoms with E-state index in [4.69, 9.17) is 4.74 Å². The second-order valence-corrected chi connectivity index (χ2v) is 6.34. The second kappa shape index (κ2) is 7.75. The standard InChI is InChI=1S/C20H17F3N4O/c21-14-1-4-16(5-2-14)26-7-9-27(10-8-26)19-12-20(25-13-24-19)28-18-6-3-15(22)11-17(18)23/h1-6,11-13H,7-10H2. The van der Waals surface area contributed by atoms with Crippen LogP contribution in [0.5, 0.6) is 11.6 Å². The molecule has 8 heteroatoms. The molecule has 0 atom stereocenters. The molecule has 2 aromatic carbocycles. The van der Waals surface area contributed by atoms with Gasteiger partial charge in [0.2, 0.25) is 5.88 Å². The highest BCUT2D eigenvalue weighted by molar-refractivity contribution is 5.50. The summed E-state index contributed by atoms with van der Waals surface area (Å²) in [5, 5.41) is 0. The molecule has 3 aromatic rings. The summed E-state index contributed by atoms with van der Waals surface area (Å²) < 4.78 is 45.3. The van der Waals surface area contributed by atoms with Gasteiger partial charge in [-0.05, 0) is 36.4 Å². The molecule has 4 rings (SSSR count). The van der Waals surface area contributed by atoms with Gasteiger partial charge in [-0.25, -0.2) is 23.1 Å². The summed E-state index contributed by atoms with van der Waals surface area (Å²) in [6.07, 6.45) is 1.35. The van der Waals surface area contributed by atoms with E-state index in [1.807, 2.05) is 0 Å². The Bertz CT molecular complexity index is 960. The fourth-order valence-corrected chi connectivity index (χ4v) is 3.07. The fourth-order valence-electron chi connectivity index (χ4n) is 3.07. The summed E-state index contributed by atoms with van der Waals surface area (Å²) in [5.74, 6) is -0.997. The molecule has 0 bridgehead atoms. The lowest BCUT2D eigenvalue weighted by atomic mass is 10.2. The fraction of sp³-hybridized carbons (Fsp3) is 0.200. The van der Waals surface area contributed by atoms with E-state index in [0.29, 0.717) is 18.9 Å². The Morgan fingerprint density at radius 3 is 2.14 bits per heavy atom. The number of halogens is 3. The highest BCUT2D eigenvalue weighted by Crippen LogP contribution is 2.26. The van der Waals surface area contributed by atoms with E-state index >= 15 is 0 Å². The van der Waals surface area contributed by atoms with Crippen LogP contribution in [0.4, 0.5) is 24.7 Å². The number of benzene rings is 2. The molecule has 0 spiro atoms. The summed E-state index contributed by atoms with van der Waals surface area (Å²) >= 11 is 0. The Morgan fingerprint density at radius 2 is 1.43 bits per heavy atom. The van der Waals surface area contributed by atoms with Gasteiger partial charge in [-0.1, -0.05) is 0 Å². The molecule has 0 radical (unpaired) electrons. The predicted molar refractivity (Wildman–Crippen MR) is 99.3 cm³/mol. The van der Waals surface area contributed by atoms with Crippen LogP contribution in [-0.2, 0) is 0 Å². The highest BCUT2D eigenvalue weighted by atomic mass is 19.1. The minimum atomic E-state index is -0.798. The van der Waals surface area contributed by atoms with Crippen molar-refractivity contribution in [2.24, 2.45) is 0 Å². The van der Waals surface area contributed by atoms with Crippen molar-refractivity contribution in [3.8, 4) is 11.6 Å². The van der Waals surface area contributed by atoms with Gasteiger partial charge < -0.3 is 14.5 Å². The van der Waals surface area contributed by atoms with Gasteiger partial charge in [-0.15, -0.1) is 0 Å². The maximum Gasteiger partial charge on any atom is 0.224 e. The zero-order valence-corrected chi connectivity index (χ0v) is 14.9. The summed E-state index contributed by atoms with van der Waals surface area (Å²) in [7, 11) is 0. The van der Waals surface area contributed by atoms with Crippen molar-refractivity contribution in [1.29, 1.82) is 0 Å². The van der Waals surface area contributed by atoms with Crippen LogP contribution in [0.1, 0.15) is 0 Å². The molecule has 0 aliphatic carbocycles. The summed E-state index contributed by atoms with van der Waals surface area (Å²) in [4.78, 5) is 12.5. The van der Waals surface area contributed by atoms with Crippen LogP contribution in [0.3, 0.4) is 0 Å². The third-order valence-corrected chi connectivity index (χ3v) is 4.53. The van der Waals surface area contributed by atoms with E-state index in [2.05, 4.69) is 19.8 Å². The van der Waals surface area contributed by atoms with Crippen molar-refractivity contribution in [1.82, 2.24) is 9.97 Å². The van der Waals surface area contributed by atoms with Gasteiger partial charge in [0, 0.05) is 44.0 Å². The van der Waals surface area contributed by atoms with Crippen molar-refractivity contribution in [3.05, 3.63) is 72.3 Å². The minimum Gasteiger partial charge on any atom is -0.436 e. The van der Waals surface area contributed by atoms with Crippen molar-refractivity contribution in [2.45, 2.75) is 0 Å². The van der Waals surface area contributed by atoms with E-state index in [1.54, 1.807) is 18.2 Å². The first-order valence-electron chi connectivity index (χ1n) is 8.79. The lowest BCUT2D eigenvalue weighted by Gasteiger charge is -2.36. The first-order valence-corrected chi connectivity index (χ1v) is 8.79. The molecule has 1 aromatic heterocycles. The van der Waals surface area contributed by atoms with Gasteiger partial charge in [-0.3, -0.25) is 0 Å². The van der Waals surface area contributed by atoms with Gasteiger partial charge in [-0.2, -0.15) is 0 Å². The normalized spacial score (nSPS) is 14.2. The van der Waals surface area contributed by atoms with Gasteiger partial charge >= 0.3 is 0 Å². The van der Waals surface area contributed by atoms with Crippen molar-refractivity contribution in [2.75, 3.05) is 36.0 Å². The third-order valence-electron chi connectivity index (χ3n) is 4.53. The summed E-state index contributed by atoms with van der Waals surface area (Å²) in [5.41, 5.74) is 0.972. The van der Waals surface area contributed by atoms with Crippen molar-refractivity contribution in [3.63, 3.8) is 0 Å². The molecule has 0 N–H and O–H groups in total. The zero-order valence-electron chi connectivity index (χ0n) is 14.9. The molecule has 28 heavy (non-hydrogen) atoms. The van der Waals surface area contributed by atoms with Crippen LogP contribution >= 0.6 is 0 Å². The molecular formula is C20H17F3N4O. The monoisotopic (exact) mass is 386 g/mol. The number of piperazine rings is 1. The van der Waals surface area contributed by atoms with Crippen LogP contribution in [-0.4, -0.2) is 36.1 Å². The van der Waals surface area contributed by atoms with E-state index in [9.17, 15) is 13.2 Å². The maximum atomic E-state index is 13.8. The average molecular weight is 386 g/mol. The molecule has 0 amide bonds. The molecular weight excluding hydrogens is 369 g/mol. The van der Waals surface area contributed by atoms with Crippen LogP contribution in [0.2, 0.25) is 0 Å². The van der Waals surface area contributed by atoms with Crippen LogP contribution in [0.25, 0.3) is 0 Å². The highest BCUT2D eigenvalue weighted by Gasteiger charge is 2.19. The van der Waals surface area contributed by atoms with Crippen LogP contribution < -0.4 is 14.5 Å². The lowest BCUT2D eigenvalue weighted by Crippen LogP contribution is -2.46. The molecule has 5 nitrogen and oxygen atoms in total. The van der Waals surface area contributed by atoms with Crippen molar-refractivity contribution < 1.29 is 17.9 Å². The quantitative estimate of drug-likeness (QED) is 0.678. The Labute approximate surface area is 160 Å². The van der Waals surface area contributed by atoms with E-state index < -0.39 is 11.6 Å². The van der Waals surface area contributed by atoms with Crippen LogP contribution in [0.15, 0.2) is 54.9 Å². The Morgan fingerprint density at radius 1 is 0.750 bits per heavy atom. The smallest absolute Gasteiger partial charge is 0.224 e. The lowest BCUT2D eigenvalue weighted by molar-refractivity contribution is 0.422. The van der Waals surface area contributed by atoms with Gasteiger partial charge in [0.25, 0.3) is 0 Å². The van der Waals surface area contributed by atoms with Crippen molar-refractivity contribution >= 4 is 11.5 Å². The molecule has 144 valence electrons. The maximum absolute atomic E-state index is 13.8. The summed E-state index contributed by atoms with van der Waals surface area (Å²) in [6.45, 7) is 2.91. The van der Waals surface area contributed by atoms with E-state index in [0.717, 1.165) is 30.9 Å². The van der Waals surface area contributed by atoms with E-state index in [-0.39, 0.29) is 17.4 Å². The number of aromatic nitrogens is 2. The topological polar surface area (TPSA) is 41.5 Å².